The lowest BCUT2D eigenvalue weighted by atomic mass is 9.56. The van der Waals surface area contributed by atoms with Crippen molar-refractivity contribution in [1.82, 2.24) is 15.1 Å². The van der Waals surface area contributed by atoms with Gasteiger partial charge in [0.05, 0.1) is 28.9 Å². The molecule has 3 amide bonds. The van der Waals surface area contributed by atoms with Crippen LogP contribution in [0.3, 0.4) is 0 Å². The van der Waals surface area contributed by atoms with Crippen molar-refractivity contribution >= 4 is 60.0 Å². The molecule has 2 fully saturated rings. The van der Waals surface area contributed by atoms with Gasteiger partial charge in [0, 0.05) is 37.2 Å². The highest BCUT2D eigenvalue weighted by Crippen LogP contribution is 2.41. The molecule has 0 spiro atoms. The van der Waals surface area contributed by atoms with Crippen molar-refractivity contribution in [2.24, 2.45) is 0 Å². The molecular weight excluding hydrogens is 466 g/mol. The van der Waals surface area contributed by atoms with Gasteiger partial charge in [0.25, 0.3) is 5.91 Å². The minimum Gasteiger partial charge on any atom is -0.489 e. The molecule has 2 aromatic rings. The normalized spacial score (nSPS) is 21.6. The molecule has 8 nitrogen and oxygen atoms in total. The van der Waals surface area contributed by atoms with Gasteiger partial charge in [-0.15, -0.1) is 0 Å². The first-order valence-electron chi connectivity index (χ1n) is 12.1. The zero-order valence-corrected chi connectivity index (χ0v) is 20.4. The Morgan fingerprint density at radius 3 is 2.41 bits per heavy atom. The smallest absolute Gasteiger partial charge is 0.254 e. The summed E-state index contributed by atoms with van der Waals surface area (Å²) in [5.74, 6) is -1.55. The van der Waals surface area contributed by atoms with E-state index in [0.29, 0.717) is 0 Å². The van der Waals surface area contributed by atoms with Crippen LogP contribution >= 0.6 is 0 Å². The molecule has 180 valence electrons. The summed E-state index contributed by atoms with van der Waals surface area (Å²) in [4.78, 5) is 40.9. The number of amides is 3. The second-order valence-electron chi connectivity index (χ2n) is 9.59. The number of hydrogen-bond acceptors (Lipinski definition) is 6. The Balaban J connectivity index is 1.38. The molecule has 3 aliphatic rings. The van der Waals surface area contributed by atoms with E-state index in [0.717, 1.165) is 43.3 Å². The Kier molecular flexibility index (Phi) is 6.98. The van der Waals surface area contributed by atoms with Gasteiger partial charge in [-0.2, -0.15) is 0 Å². The van der Waals surface area contributed by atoms with E-state index < -0.39 is 29.1 Å². The quantitative estimate of drug-likeness (QED) is 0.389. The van der Waals surface area contributed by atoms with Gasteiger partial charge in [0.15, 0.2) is 0 Å². The summed E-state index contributed by atoms with van der Waals surface area (Å²) in [6.45, 7) is 4.25. The van der Waals surface area contributed by atoms with Crippen molar-refractivity contribution in [3.63, 3.8) is 0 Å². The van der Waals surface area contributed by atoms with Gasteiger partial charge in [0.2, 0.25) is 11.8 Å². The van der Waals surface area contributed by atoms with Crippen molar-refractivity contribution in [3.8, 4) is 5.75 Å². The van der Waals surface area contributed by atoms with Gasteiger partial charge in [-0.1, -0.05) is 41.3 Å². The molecule has 12 heteroatoms. The molecule has 0 saturated carbocycles. The second-order valence-corrected chi connectivity index (χ2v) is 9.59. The van der Waals surface area contributed by atoms with Gasteiger partial charge >= 0.3 is 0 Å². The van der Waals surface area contributed by atoms with E-state index in [1.807, 2.05) is 24.3 Å². The van der Waals surface area contributed by atoms with Gasteiger partial charge in [-0.3, -0.25) is 24.6 Å². The largest absolute Gasteiger partial charge is 0.489 e. The third-order valence-corrected chi connectivity index (χ3v) is 7.04. The van der Waals surface area contributed by atoms with Crippen molar-refractivity contribution < 1.29 is 23.9 Å². The highest BCUT2D eigenvalue weighted by molar-refractivity contribution is 6.51. The van der Waals surface area contributed by atoms with Crippen LogP contribution in [-0.2, 0) is 32.8 Å². The molecule has 0 aliphatic carbocycles. The van der Waals surface area contributed by atoms with E-state index >= 15 is 0 Å². The summed E-state index contributed by atoms with van der Waals surface area (Å²) >= 11 is 0. The van der Waals surface area contributed by atoms with Crippen LogP contribution in [0.4, 0.5) is 0 Å². The zero-order valence-electron chi connectivity index (χ0n) is 20.4. The van der Waals surface area contributed by atoms with Gasteiger partial charge in [-0.25, -0.2) is 0 Å². The van der Waals surface area contributed by atoms with Crippen LogP contribution in [0.1, 0.15) is 39.9 Å². The fourth-order valence-electron chi connectivity index (χ4n) is 5.07. The van der Waals surface area contributed by atoms with Gasteiger partial charge < -0.3 is 14.4 Å². The fourth-order valence-corrected chi connectivity index (χ4v) is 5.07. The topological polar surface area (TPSA) is 88.2 Å². The number of nitrogens with one attached hydrogen (secondary N) is 1. The summed E-state index contributed by atoms with van der Waals surface area (Å²) in [7, 11) is 25.3. The van der Waals surface area contributed by atoms with Crippen LogP contribution in [0.2, 0.25) is 0 Å². The minimum atomic E-state index is -1.91. The highest BCUT2D eigenvalue weighted by Gasteiger charge is 2.50. The van der Waals surface area contributed by atoms with E-state index in [1.54, 1.807) is 0 Å². The molecule has 1 atom stereocenters. The van der Waals surface area contributed by atoms with Gasteiger partial charge in [0.1, 0.15) is 34.1 Å². The van der Waals surface area contributed by atoms with Crippen LogP contribution in [0.25, 0.3) is 0 Å². The van der Waals surface area contributed by atoms with Crippen molar-refractivity contribution in [2.75, 3.05) is 26.3 Å². The molecular formula is C25H23B4N3O5. The van der Waals surface area contributed by atoms with Crippen molar-refractivity contribution in [3.05, 3.63) is 52.6 Å². The van der Waals surface area contributed by atoms with Gasteiger partial charge in [-0.05, 0) is 22.9 Å². The fraction of sp³-hybridized carbons (Fsp3) is 0.400. The average Bonchev–Trinajstić information content (AvgIpc) is 3.06. The SMILES string of the molecule is [B]c1cc2c(c(OCc3ccc(CN4CCOCC4)cc3)c1[B])C([B])([B])N(C1CCC(=O)NC1=O)C2=O. The molecule has 5 rings (SSSR count). The predicted molar refractivity (Wildman–Crippen MR) is 140 cm³/mol. The number of nitrogens with zero attached hydrogens (tertiary/aromatic N) is 2. The second kappa shape index (κ2) is 10.1. The number of rotatable bonds is 6. The van der Waals surface area contributed by atoms with Crippen LogP contribution < -0.4 is 21.0 Å². The number of hydrogen-bond donors (Lipinski definition) is 1. The lowest BCUT2D eigenvalue weighted by Gasteiger charge is -2.41. The van der Waals surface area contributed by atoms with E-state index in [2.05, 4.69) is 10.2 Å². The van der Waals surface area contributed by atoms with Crippen LogP contribution in [0, 0.1) is 0 Å². The third-order valence-electron chi connectivity index (χ3n) is 7.04. The Morgan fingerprint density at radius 1 is 1.05 bits per heavy atom. The predicted octanol–water partition coefficient (Wildman–Crippen LogP) is -1.61. The summed E-state index contributed by atoms with van der Waals surface area (Å²) < 4.78 is 11.5. The first-order valence-corrected chi connectivity index (χ1v) is 12.1. The number of morpholine rings is 1. The number of benzene rings is 2. The Hall–Kier alpha value is -2.97. The van der Waals surface area contributed by atoms with E-state index in [4.69, 9.17) is 40.9 Å². The number of piperidine rings is 1. The maximum atomic E-state index is 13.4. The average molecular weight is 489 g/mol. The monoisotopic (exact) mass is 489 g/mol. The van der Waals surface area contributed by atoms with E-state index in [1.165, 1.54) is 11.6 Å². The highest BCUT2D eigenvalue weighted by atomic mass is 16.5. The van der Waals surface area contributed by atoms with E-state index in [9.17, 15) is 14.4 Å². The maximum Gasteiger partial charge on any atom is 0.254 e. The standard InChI is InChI=1S/C25H23B4N3O5/c26-17-11-16-20(25(28,29)32(24(16)35)18-5-6-19(33)30-23(18)34)22(21(17)27)37-13-15-3-1-14(2-4-15)12-31-7-9-36-10-8-31/h1-4,11,18H,5-10,12-13H2,(H,30,33,34). The molecule has 0 aromatic heterocycles. The molecule has 3 heterocycles. The molecule has 1 unspecified atom stereocenters. The first kappa shape index (κ1) is 25.7. The lowest BCUT2D eigenvalue weighted by molar-refractivity contribution is -0.137. The van der Waals surface area contributed by atoms with Crippen molar-refractivity contribution in [1.29, 1.82) is 0 Å². The summed E-state index contributed by atoms with van der Waals surface area (Å²) in [5.41, 5.74) is 2.52. The Labute approximate surface area is 221 Å². The number of carbonyl (C=O) groups is 3. The molecule has 8 radical (unpaired) electrons. The Bertz CT molecular complexity index is 1250. The third kappa shape index (κ3) is 4.84. The molecule has 0 bridgehead atoms. The number of ether oxygens (including phenoxy) is 2. The summed E-state index contributed by atoms with van der Waals surface area (Å²) in [6, 6.07) is 8.34. The maximum absolute atomic E-state index is 13.4. The number of imide groups is 1. The summed E-state index contributed by atoms with van der Waals surface area (Å²) in [5, 5.41) is 0.324. The number of carbonyl (C=O) groups excluding carboxylic acids is 3. The first-order chi connectivity index (χ1) is 17.7. The van der Waals surface area contributed by atoms with Crippen molar-refractivity contribution in [2.45, 2.75) is 37.4 Å². The number of fused-ring (bicyclic) bond motifs is 1. The lowest BCUT2D eigenvalue weighted by Crippen LogP contribution is -2.59. The summed E-state index contributed by atoms with van der Waals surface area (Å²) in [6.07, 6.45) is 0.153. The molecule has 37 heavy (non-hydrogen) atoms. The van der Waals surface area contributed by atoms with E-state index in [-0.39, 0.29) is 47.3 Å². The zero-order chi connectivity index (χ0) is 26.3. The molecule has 2 saturated heterocycles. The minimum absolute atomic E-state index is 0.0573. The van der Waals surface area contributed by atoms with Crippen LogP contribution in [0.5, 0.6) is 5.75 Å². The molecule has 3 aliphatic heterocycles. The Morgan fingerprint density at radius 2 is 1.73 bits per heavy atom. The van der Waals surface area contributed by atoms with Crippen LogP contribution in [0.15, 0.2) is 30.3 Å². The molecule has 1 N–H and O–H groups in total. The molecule has 2 aromatic carbocycles. The van der Waals surface area contributed by atoms with Crippen LogP contribution in [-0.4, -0.2) is 91.3 Å².